The molecule has 42 heavy (non-hydrogen) atoms. The van der Waals surface area contributed by atoms with Gasteiger partial charge in [-0.2, -0.15) is 24.4 Å². The number of rotatable bonds is 18. The fraction of sp³-hybridized carbons (Fsp3) is 0.433. The first-order valence-corrected chi connectivity index (χ1v) is 15.5. The van der Waals surface area contributed by atoms with Gasteiger partial charge in [0.2, 0.25) is 11.8 Å². The zero-order chi connectivity index (χ0) is 30.6. The number of likely N-dealkylation sites (N-methyl/N-ethyl adjacent to an activating group) is 1. The molecule has 3 atom stereocenters. The van der Waals surface area contributed by atoms with Gasteiger partial charge in [0.25, 0.3) is 0 Å². The minimum absolute atomic E-state index is 0.0346. The Kier molecular flexibility index (Phi) is 12.9. The van der Waals surface area contributed by atoms with Gasteiger partial charge in [-0.15, -0.1) is 0 Å². The second-order valence-corrected chi connectivity index (χ2v) is 11.6. The molecule has 0 aromatic heterocycles. The van der Waals surface area contributed by atoms with E-state index < -0.39 is 41.6 Å². The van der Waals surface area contributed by atoms with Crippen LogP contribution >= 0.6 is 24.4 Å². The summed E-state index contributed by atoms with van der Waals surface area (Å²) in [6, 6.07) is 14.6. The van der Waals surface area contributed by atoms with E-state index in [9.17, 15) is 29.1 Å². The highest BCUT2D eigenvalue weighted by Gasteiger charge is 2.30. The molecule has 0 saturated heterocycles. The molecule has 2 aromatic rings. The maximum atomic E-state index is 12.9. The largest absolute Gasteiger partial charge is 0.481 e. The first kappa shape index (κ1) is 33.2. The van der Waals surface area contributed by atoms with Gasteiger partial charge in [-0.05, 0) is 35.7 Å². The number of carbonyl (C=O) groups excluding carboxylic acids is 3. The highest BCUT2D eigenvalue weighted by atomic mass is 32.2. The van der Waals surface area contributed by atoms with Crippen molar-refractivity contribution in [1.29, 1.82) is 0 Å². The summed E-state index contributed by atoms with van der Waals surface area (Å²) in [5, 5.41) is 26.1. The second kappa shape index (κ2) is 16.3. The maximum Gasteiger partial charge on any atom is 0.327 e. The zero-order valence-electron chi connectivity index (χ0n) is 23.4. The summed E-state index contributed by atoms with van der Waals surface area (Å²) < 4.78 is 0. The third kappa shape index (κ3) is 9.07. The third-order valence-corrected chi connectivity index (χ3v) is 8.69. The van der Waals surface area contributed by atoms with Crippen LogP contribution < -0.4 is 16.0 Å². The summed E-state index contributed by atoms with van der Waals surface area (Å²) in [7, 11) is 1.52. The van der Waals surface area contributed by atoms with Gasteiger partial charge in [0.15, 0.2) is 5.78 Å². The summed E-state index contributed by atoms with van der Waals surface area (Å²) in [5.41, 5.74) is 5.03. The van der Waals surface area contributed by atoms with Gasteiger partial charge in [0.1, 0.15) is 6.04 Å². The topological polar surface area (TPSA) is 162 Å². The number of hydrogen-bond acceptors (Lipinski definition) is 8. The lowest BCUT2D eigenvalue weighted by molar-refractivity contribution is -0.142. The minimum atomic E-state index is -1.27. The van der Waals surface area contributed by atoms with E-state index in [0.29, 0.717) is 5.75 Å². The summed E-state index contributed by atoms with van der Waals surface area (Å²) in [5.74, 6) is -3.32. The fourth-order valence-electron chi connectivity index (χ4n) is 4.98. The Morgan fingerprint density at radius 2 is 1.55 bits per heavy atom. The van der Waals surface area contributed by atoms with E-state index >= 15 is 0 Å². The SMILES string of the molecule is CN[C@@H](CCC(=O)O)C(=O)C[C@@H](CNC(=O)CCSCC1c2ccccc2-c2ccccc21)C(=O)N[C@@H](CS)C(=O)O. The van der Waals surface area contributed by atoms with Crippen molar-refractivity contribution in [2.75, 3.05) is 30.9 Å². The summed E-state index contributed by atoms with van der Waals surface area (Å²) >= 11 is 5.62. The molecule has 0 aliphatic heterocycles. The molecule has 0 saturated carbocycles. The van der Waals surface area contributed by atoms with Crippen LogP contribution in [0.3, 0.4) is 0 Å². The van der Waals surface area contributed by atoms with Gasteiger partial charge in [0, 0.05) is 49.0 Å². The average molecular weight is 616 g/mol. The number of Topliss-reactive ketones (excluding diaryl/α,β-unsaturated/α-hetero) is 1. The summed E-state index contributed by atoms with van der Waals surface area (Å²) in [6.07, 6.45) is -0.297. The fourth-order valence-corrected chi connectivity index (χ4v) is 6.32. The molecule has 3 rings (SSSR count). The van der Waals surface area contributed by atoms with Crippen LogP contribution in [0.15, 0.2) is 48.5 Å². The van der Waals surface area contributed by atoms with Gasteiger partial charge in [-0.25, -0.2) is 4.79 Å². The quantitative estimate of drug-likeness (QED) is 0.109. The first-order chi connectivity index (χ1) is 20.2. The first-order valence-electron chi connectivity index (χ1n) is 13.7. The van der Waals surface area contributed by atoms with E-state index in [1.165, 1.54) is 29.3 Å². The van der Waals surface area contributed by atoms with E-state index in [1.54, 1.807) is 11.8 Å². The van der Waals surface area contributed by atoms with E-state index in [0.717, 1.165) is 5.75 Å². The Morgan fingerprint density at radius 1 is 0.929 bits per heavy atom. The number of aliphatic carboxylic acids is 2. The number of thiol groups is 1. The number of fused-ring (bicyclic) bond motifs is 3. The zero-order valence-corrected chi connectivity index (χ0v) is 25.1. The Hall–Kier alpha value is -3.35. The number of carboxylic acid groups (broad SMARTS) is 2. The molecule has 0 fully saturated rings. The van der Waals surface area contributed by atoms with E-state index in [2.05, 4.69) is 52.8 Å². The van der Waals surface area contributed by atoms with Crippen molar-refractivity contribution < 1.29 is 34.2 Å². The molecule has 0 spiro atoms. The number of carbonyl (C=O) groups is 5. The van der Waals surface area contributed by atoms with Crippen LogP contribution in [-0.2, 0) is 24.0 Å². The van der Waals surface area contributed by atoms with Gasteiger partial charge in [0.05, 0.1) is 12.0 Å². The molecular weight excluding hydrogens is 578 g/mol. The van der Waals surface area contributed by atoms with E-state index in [1.807, 2.05) is 24.3 Å². The molecule has 12 heteroatoms. The van der Waals surface area contributed by atoms with Crippen molar-refractivity contribution in [1.82, 2.24) is 16.0 Å². The molecule has 0 unspecified atom stereocenters. The van der Waals surface area contributed by atoms with E-state index in [4.69, 9.17) is 5.11 Å². The van der Waals surface area contributed by atoms with Crippen LogP contribution in [0.1, 0.15) is 42.7 Å². The lowest BCUT2D eigenvalue weighted by Gasteiger charge is -2.22. The molecule has 1 aliphatic carbocycles. The number of ketones is 1. The molecule has 0 heterocycles. The van der Waals surface area contributed by atoms with Crippen LogP contribution in [0.5, 0.6) is 0 Å². The van der Waals surface area contributed by atoms with Crippen molar-refractivity contribution >= 4 is 53.9 Å². The van der Waals surface area contributed by atoms with Crippen LogP contribution in [-0.4, -0.2) is 82.7 Å². The van der Waals surface area contributed by atoms with Crippen molar-refractivity contribution in [3.05, 3.63) is 59.7 Å². The highest BCUT2D eigenvalue weighted by Crippen LogP contribution is 2.45. The number of benzene rings is 2. The predicted molar refractivity (Wildman–Crippen MR) is 165 cm³/mol. The number of hydrogen-bond donors (Lipinski definition) is 6. The molecule has 5 N–H and O–H groups in total. The second-order valence-electron chi connectivity index (χ2n) is 10.1. The van der Waals surface area contributed by atoms with Gasteiger partial charge in [-0.1, -0.05) is 48.5 Å². The van der Waals surface area contributed by atoms with Crippen molar-refractivity contribution in [2.24, 2.45) is 5.92 Å². The van der Waals surface area contributed by atoms with Crippen LogP contribution in [0.4, 0.5) is 0 Å². The molecule has 0 radical (unpaired) electrons. The number of nitrogens with one attached hydrogen (secondary N) is 3. The van der Waals surface area contributed by atoms with Crippen LogP contribution in [0.25, 0.3) is 11.1 Å². The lowest BCUT2D eigenvalue weighted by atomic mass is 9.95. The van der Waals surface area contributed by atoms with Gasteiger partial charge >= 0.3 is 11.9 Å². The smallest absolute Gasteiger partial charge is 0.327 e. The Labute approximate surface area is 254 Å². The van der Waals surface area contributed by atoms with Crippen molar-refractivity contribution in [3.63, 3.8) is 0 Å². The maximum absolute atomic E-state index is 12.9. The molecule has 10 nitrogen and oxygen atoms in total. The predicted octanol–water partition coefficient (Wildman–Crippen LogP) is 2.57. The van der Waals surface area contributed by atoms with E-state index in [-0.39, 0.29) is 49.8 Å². The van der Waals surface area contributed by atoms with Crippen LogP contribution in [0, 0.1) is 5.92 Å². The standard InChI is InChI=1S/C30H37N3O7S2/c1-31-24(10-11-28(36)37)26(34)14-18(29(38)33-25(16-41)30(39)40)15-32-27(35)12-13-42-17-23-21-8-4-2-6-19(21)20-7-3-5-9-22(20)23/h2-9,18,23-25,31,41H,10-17H2,1H3,(H,32,35)(H,33,38)(H,36,37)(H,39,40)/t18-,24-,25-/m0/s1. The number of carboxylic acids is 2. The molecule has 2 amide bonds. The molecule has 226 valence electrons. The third-order valence-electron chi connectivity index (χ3n) is 7.27. The monoisotopic (exact) mass is 615 g/mol. The summed E-state index contributed by atoms with van der Waals surface area (Å²) in [6.45, 7) is -0.168. The van der Waals surface area contributed by atoms with Crippen molar-refractivity contribution in [3.8, 4) is 11.1 Å². The normalized spacial score (nSPS) is 14.2. The molecule has 0 bridgehead atoms. The average Bonchev–Trinajstić information content (AvgIpc) is 3.29. The Morgan fingerprint density at radius 3 is 2.10 bits per heavy atom. The van der Waals surface area contributed by atoms with Crippen molar-refractivity contribution in [2.45, 2.75) is 43.7 Å². The minimum Gasteiger partial charge on any atom is -0.481 e. The molecular formula is C30H37N3O7S2. The van der Waals surface area contributed by atoms with Gasteiger partial charge < -0.3 is 26.2 Å². The molecule has 1 aliphatic rings. The Bertz CT molecular complexity index is 1240. The number of thioether (sulfide) groups is 1. The van der Waals surface area contributed by atoms with Crippen LogP contribution in [0.2, 0.25) is 0 Å². The highest BCUT2D eigenvalue weighted by molar-refractivity contribution is 7.99. The molecule has 2 aromatic carbocycles. The lowest BCUT2D eigenvalue weighted by Crippen LogP contribution is -2.48. The summed E-state index contributed by atoms with van der Waals surface area (Å²) in [4.78, 5) is 60.8. The van der Waals surface area contributed by atoms with Gasteiger partial charge in [-0.3, -0.25) is 19.2 Å². The Balaban J connectivity index is 1.55. The number of amides is 2.